The minimum absolute atomic E-state index is 0.0414. The number of nitrogens with one attached hydrogen (secondary N) is 4. The van der Waals surface area contributed by atoms with E-state index in [1.165, 1.54) is 18.2 Å². The van der Waals surface area contributed by atoms with E-state index in [2.05, 4.69) is 29.8 Å². The molecule has 0 fully saturated rings. The lowest BCUT2D eigenvalue weighted by atomic mass is 9.81. The molecule has 0 saturated heterocycles. The number of aromatic carboxylic acids is 1. The Labute approximate surface area is 333 Å². The SMILES string of the molecule is CCCCCCCCNC(=N)c1c(C(=O)O)c(Cl)c2c3c(Cl)cc4c5c(cc(Cl)c(c6c(Cl)cc(C(=O)NCCCCCCCC)c1c62)c53)C(=O)NC4=O. The summed E-state index contributed by atoms with van der Waals surface area (Å²) in [7, 11) is 0. The average molecular weight is 813 g/mol. The number of fused-ring (bicyclic) bond motifs is 2. The highest BCUT2D eigenvalue weighted by Gasteiger charge is 2.35. The highest BCUT2D eigenvalue weighted by atomic mass is 35.5. The number of imide groups is 1. The Morgan fingerprint density at radius 2 is 1.07 bits per heavy atom. The van der Waals surface area contributed by atoms with E-state index in [0.29, 0.717) is 29.2 Å². The quantitative estimate of drug-likeness (QED) is 0.0158. The van der Waals surface area contributed by atoms with Gasteiger partial charge in [-0.05, 0) is 31.0 Å². The largest absolute Gasteiger partial charge is 0.478 e. The smallest absolute Gasteiger partial charge is 0.338 e. The van der Waals surface area contributed by atoms with Gasteiger partial charge in [-0.2, -0.15) is 0 Å². The van der Waals surface area contributed by atoms with E-state index in [1.54, 1.807) is 0 Å². The first kappa shape index (κ1) is 39.8. The van der Waals surface area contributed by atoms with Crippen molar-refractivity contribution in [2.75, 3.05) is 13.1 Å². The van der Waals surface area contributed by atoms with Crippen molar-refractivity contribution in [3.63, 3.8) is 0 Å². The number of carboxylic acids is 1. The molecule has 0 aliphatic carbocycles. The van der Waals surface area contributed by atoms with E-state index in [9.17, 15) is 29.7 Å². The molecule has 0 unspecified atom stereocenters. The second-order valence-electron chi connectivity index (χ2n) is 14.0. The zero-order valence-corrected chi connectivity index (χ0v) is 33.2. The number of carbonyl (C=O) groups excluding carboxylic acids is 3. The molecule has 6 rings (SSSR count). The third-order valence-electron chi connectivity index (χ3n) is 10.3. The summed E-state index contributed by atoms with van der Waals surface area (Å²) in [4.78, 5) is 53.7. The fourth-order valence-corrected chi connectivity index (χ4v) is 9.06. The van der Waals surface area contributed by atoms with Crippen molar-refractivity contribution in [1.82, 2.24) is 16.0 Å². The lowest BCUT2D eigenvalue weighted by Crippen LogP contribution is -2.34. The Morgan fingerprint density at radius 1 is 0.611 bits per heavy atom. The number of carboxylic acid groups (broad SMARTS) is 1. The van der Waals surface area contributed by atoms with Crippen LogP contribution in [0.5, 0.6) is 0 Å². The molecule has 0 radical (unpaired) electrons. The first-order valence-electron chi connectivity index (χ1n) is 18.6. The minimum atomic E-state index is -1.42. The fourth-order valence-electron chi connectivity index (χ4n) is 7.80. The molecule has 5 aromatic carbocycles. The van der Waals surface area contributed by atoms with Gasteiger partial charge in [0.1, 0.15) is 5.84 Å². The molecule has 13 heteroatoms. The van der Waals surface area contributed by atoms with Crippen molar-refractivity contribution in [1.29, 1.82) is 5.41 Å². The first-order valence-corrected chi connectivity index (χ1v) is 20.2. The Morgan fingerprint density at radius 3 is 1.61 bits per heavy atom. The number of hydrogen-bond acceptors (Lipinski definition) is 5. The molecular formula is C41H42Cl4N4O5. The highest BCUT2D eigenvalue weighted by Crippen LogP contribution is 2.53. The van der Waals surface area contributed by atoms with Gasteiger partial charge in [0.15, 0.2) is 0 Å². The number of rotatable bonds is 17. The molecule has 1 heterocycles. The van der Waals surface area contributed by atoms with Gasteiger partial charge in [-0.25, -0.2) is 4.79 Å². The van der Waals surface area contributed by atoms with Crippen LogP contribution in [-0.4, -0.2) is 47.7 Å². The molecule has 284 valence electrons. The fraction of sp³-hybridized carbons (Fsp3) is 0.390. The molecule has 5 N–H and O–H groups in total. The third-order valence-corrected chi connectivity index (χ3v) is 11.6. The monoisotopic (exact) mass is 810 g/mol. The van der Waals surface area contributed by atoms with Gasteiger partial charge >= 0.3 is 5.97 Å². The standard InChI is InChI=1S/C41H42Cl4N4O5/c1-3-5-7-9-11-13-15-47-37(46)34-27-22(38(50)48-16-14-12-10-8-6-4-2)19-24(43)29-28-23(42)17-20-26-21(40(52)49-39(20)51)18-25(44)30(31(26)28)33(32(27)29)36(45)35(34)41(53)54/h17-19H,3-16H2,1-2H3,(H2,46,47)(H,48,50)(H,53,54)(H,49,51,52). The zero-order valence-electron chi connectivity index (χ0n) is 30.2. The van der Waals surface area contributed by atoms with Crippen LogP contribution in [0.3, 0.4) is 0 Å². The number of amides is 3. The maximum Gasteiger partial charge on any atom is 0.338 e. The summed E-state index contributed by atoms with van der Waals surface area (Å²) < 4.78 is 0. The van der Waals surface area contributed by atoms with Crippen molar-refractivity contribution < 1.29 is 24.3 Å². The minimum Gasteiger partial charge on any atom is -0.478 e. The summed E-state index contributed by atoms with van der Waals surface area (Å²) in [5.41, 5.74) is -0.171. The molecule has 5 aromatic rings. The van der Waals surface area contributed by atoms with E-state index in [-0.39, 0.29) is 75.1 Å². The molecule has 9 nitrogen and oxygen atoms in total. The summed E-state index contributed by atoms with van der Waals surface area (Å²) in [5.74, 6) is -3.46. The maximum atomic E-state index is 14.2. The zero-order chi connectivity index (χ0) is 38.8. The molecule has 0 atom stereocenters. The van der Waals surface area contributed by atoms with E-state index in [0.717, 1.165) is 77.0 Å². The van der Waals surface area contributed by atoms with Gasteiger partial charge in [0.05, 0.1) is 10.6 Å². The van der Waals surface area contributed by atoms with Crippen LogP contribution in [0.4, 0.5) is 0 Å². The molecule has 54 heavy (non-hydrogen) atoms. The second kappa shape index (κ2) is 16.9. The summed E-state index contributed by atoms with van der Waals surface area (Å²) in [5, 5.41) is 30.6. The maximum absolute atomic E-state index is 14.2. The molecule has 1 aliphatic rings. The first-order chi connectivity index (χ1) is 25.9. The summed E-state index contributed by atoms with van der Waals surface area (Å²) in [6, 6.07) is 4.32. The lowest BCUT2D eigenvalue weighted by molar-refractivity contribution is 0.0695. The van der Waals surface area contributed by atoms with Crippen LogP contribution in [0, 0.1) is 5.41 Å². The third kappa shape index (κ3) is 7.16. The Hall–Kier alpha value is -3.89. The van der Waals surface area contributed by atoms with Gasteiger partial charge in [-0.15, -0.1) is 0 Å². The van der Waals surface area contributed by atoms with Gasteiger partial charge in [-0.3, -0.25) is 25.1 Å². The predicted molar refractivity (Wildman–Crippen MR) is 220 cm³/mol. The van der Waals surface area contributed by atoms with Crippen LogP contribution in [0.2, 0.25) is 20.1 Å². The lowest BCUT2D eigenvalue weighted by Gasteiger charge is -2.26. The summed E-state index contributed by atoms with van der Waals surface area (Å²) >= 11 is 28.3. The van der Waals surface area contributed by atoms with Crippen molar-refractivity contribution in [3.05, 3.63) is 66.1 Å². The average Bonchev–Trinajstić information content (AvgIpc) is 3.13. The molecular weight excluding hydrogens is 770 g/mol. The number of halogens is 4. The summed E-state index contributed by atoms with van der Waals surface area (Å²) in [6.07, 6.45) is 12.2. The Kier molecular flexibility index (Phi) is 12.4. The highest BCUT2D eigenvalue weighted by molar-refractivity contribution is 6.56. The molecule has 0 aromatic heterocycles. The van der Waals surface area contributed by atoms with E-state index >= 15 is 0 Å². The summed E-state index contributed by atoms with van der Waals surface area (Å²) in [6.45, 7) is 5.07. The van der Waals surface area contributed by atoms with Crippen LogP contribution in [-0.2, 0) is 0 Å². The topological polar surface area (TPSA) is 148 Å². The molecule has 1 aliphatic heterocycles. The van der Waals surface area contributed by atoms with Crippen LogP contribution in [0.15, 0.2) is 18.2 Å². The van der Waals surface area contributed by atoms with Gasteiger partial charge in [0.2, 0.25) is 0 Å². The molecule has 3 amide bonds. The number of benzene rings is 5. The molecule has 0 spiro atoms. The van der Waals surface area contributed by atoms with Crippen molar-refractivity contribution in [3.8, 4) is 0 Å². The Balaban J connectivity index is 1.64. The number of unbranched alkanes of at least 4 members (excludes halogenated alkanes) is 10. The Bertz CT molecular complexity index is 2340. The van der Waals surface area contributed by atoms with Crippen LogP contribution in [0.25, 0.3) is 43.1 Å². The van der Waals surface area contributed by atoms with E-state index in [1.807, 2.05) is 0 Å². The normalized spacial score (nSPS) is 12.7. The van der Waals surface area contributed by atoms with E-state index in [4.69, 9.17) is 46.4 Å². The van der Waals surface area contributed by atoms with Gasteiger partial charge in [0.25, 0.3) is 17.7 Å². The predicted octanol–water partition coefficient (Wildman–Crippen LogP) is 11.3. The van der Waals surface area contributed by atoms with Crippen molar-refractivity contribution >= 4 is 119 Å². The van der Waals surface area contributed by atoms with Crippen molar-refractivity contribution in [2.45, 2.75) is 90.9 Å². The number of amidine groups is 1. The number of carbonyl (C=O) groups is 4. The molecule has 0 saturated carbocycles. The van der Waals surface area contributed by atoms with Crippen LogP contribution in [0.1, 0.15) is 138 Å². The number of hydrogen-bond donors (Lipinski definition) is 5. The van der Waals surface area contributed by atoms with Crippen LogP contribution >= 0.6 is 46.4 Å². The second-order valence-corrected chi connectivity index (χ2v) is 15.6. The van der Waals surface area contributed by atoms with E-state index < -0.39 is 29.3 Å². The van der Waals surface area contributed by atoms with Gasteiger partial charge in [-0.1, -0.05) is 124 Å². The molecule has 0 bridgehead atoms. The van der Waals surface area contributed by atoms with Crippen LogP contribution < -0.4 is 16.0 Å². The van der Waals surface area contributed by atoms with Crippen molar-refractivity contribution in [2.24, 2.45) is 0 Å². The van der Waals surface area contributed by atoms with Gasteiger partial charge < -0.3 is 15.7 Å². The van der Waals surface area contributed by atoms with Gasteiger partial charge in [0, 0.05) is 93.5 Å².